The molecule has 0 atom stereocenters. The molecule has 5 rings (SSSR count). The van der Waals surface area contributed by atoms with Crippen LogP contribution in [-0.4, -0.2) is 28.4 Å². The number of pyridine rings is 2. The average molecular weight is 404 g/mol. The molecule has 1 aliphatic carbocycles. The van der Waals surface area contributed by atoms with Crippen molar-refractivity contribution in [3.63, 3.8) is 0 Å². The van der Waals surface area contributed by atoms with Crippen molar-refractivity contribution >= 4 is 27.1 Å². The molecular weight excluding hydrogens is 378 g/mol. The van der Waals surface area contributed by atoms with Crippen LogP contribution in [0.25, 0.3) is 27.1 Å². The van der Waals surface area contributed by atoms with E-state index in [-0.39, 0.29) is 0 Å². The van der Waals surface area contributed by atoms with E-state index in [4.69, 9.17) is 18.9 Å². The molecule has 0 bridgehead atoms. The second-order valence-electron chi connectivity index (χ2n) is 7.86. The van der Waals surface area contributed by atoms with Crippen LogP contribution in [0.5, 0.6) is 23.0 Å². The minimum Gasteiger partial charge on any atom is -0.493 e. The fourth-order valence-corrected chi connectivity index (χ4v) is 4.57. The zero-order chi connectivity index (χ0) is 21.0. The first kappa shape index (κ1) is 18.8. The van der Waals surface area contributed by atoms with Crippen molar-refractivity contribution in [3.05, 3.63) is 47.8 Å². The molecule has 2 heterocycles. The number of fused-ring (bicyclic) bond motifs is 4. The third-order valence-electron chi connectivity index (χ3n) is 6.25. The lowest BCUT2D eigenvalue weighted by Gasteiger charge is -2.16. The maximum atomic E-state index is 5.83. The number of benzene rings is 2. The van der Waals surface area contributed by atoms with Gasteiger partial charge in [0.25, 0.3) is 0 Å². The van der Waals surface area contributed by atoms with E-state index in [1.54, 1.807) is 28.4 Å². The van der Waals surface area contributed by atoms with Gasteiger partial charge in [-0.25, -0.2) is 0 Å². The van der Waals surface area contributed by atoms with Gasteiger partial charge in [0.15, 0.2) is 34.9 Å². The van der Waals surface area contributed by atoms with Crippen LogP contribution in [0.15, 0.2) is 36.5 Å². The van der Waals surface area contributed by atoms with Gasteiger partial charge in [-0.05, 0) is 42.3 Å². The number of aryl methyl sites for hydroxylation is 1. The highest BCUT2D eigenvalue weighted by Gasteiger charge is 2.31. The third kappa shape index (κ3) is 2.65. The van der Waals surface area contributed by atoms with Gasteiger partial charge in [0, 0.05) is 30.0 Å². The smallest absolute Gasteiger partial charge is 0.219 e. The molecule has 0 amide bonds. The maximum absolute atomic E-state index is 5.83. The molecule has 2 aromatic heterocycles. The Bertz CT molecular complexity index is 1310. The number of nitrogens with zero attached hydrogens (tertiary/aromatic N) is 1. The van der Waals surface area contributed by atoms with E-state index in [0.29, 0.717) is 5.92 Å². The number of aromatic nitrogens is 1. The zero-order valence-corrected chi connectivity index (χ0v) is 18.0. The Labute approximate surface area is 175 Å². The maximum Gasteiger partial charge on any atom is 0.219 e. The number of methoxy groups -OCH3 is 4. The van der Waals surface area contributed by atoms with Crippen LogP contribution in [-0.2, 0) is 0 Å². The van der Waals surface area contributed by atoms with Crippen LogP contribution in [0.1, 0.15) is 30.0 Å². The quantitative estimate of drug-likeness (QED) is 0.268. The minimum absolute atomic E-state index is 0.546. The predicted molar refractivity (Wildman–Crippen MR) is 118 cm³/mol. The fourth-order valence-electron chi connectivity index (χ4n) is 4.57. The summed E-state index contributed by atoms with van der Waals surface area (Å²) in [7, 11) is 6.78. The lowest BCUT2D eigenvalue weighted by molar-refractivity contribution is -0.516. The molecule has 0 aliphatic heterocycles. The molecule has 154 valence electrons. The van der Waals surface area contributed by atoms with E-state index in [9.17, 15) is 0 Å². The highest BCUT2D eigenvalue weighted by molar-refractivity contribution is 6.03. The fraction of sp³-hybridized carbons (Fsp3) is 0.320. The van der Waals surface area contributed by atoms with Crippen molar-refractivity contribution in [2.24, 2.45) is 0 Å². The summed E-state index contributed by atoms with van der Waals surface area (Å²) in [4.78, 5) is 0. The third-order valence-corrected chi connectivity index (χ3v) is 6.25. The molecule has 0 spiro atoms. The molecule has 1 fully saturated rings. The molecule has 30 heavy (non-hydrogen) atoms. The van der Waals surface area contributed by atoms with Crippen LogP contribution >= 0.6 is 0 Å². The number of hydrogen-bond donors (Lipinski definition) is 0. The summed E-state index contributed by atoms with van der Waals surface area (Å²) in [5.74, 6) is 3.68. The Morgan fingerprint density at radius 3 is 2.10 bits per heavy atom. The topological polar surface area (TPSA) is 41.0 Å². The summed E-state index contributed by atoms with van der Waals surface area (Å²) in [5, 5.41) is 4.46. The van der Waals surface area contributed by atoms with E-state index >= 15 is 0 Å². The lowest BCUT2D eigenvalue weighted by Crippen LogP contribution is -2.25. The standard InChI is InChI=1S/C25H26NO4/c1-14-18-13-23(28-3)22(27-2)11-16(18)10-21-20-12-19(15-6-7-15)25(30-5)24(29-4)17(20)8-9-26(14)21/h8-13,15H,6-7H2,1-5H3/q+1. The first-order valence-corrected chi connectivity index (χ1v) is 10.2. The first-order valence-electron chi connectivity index (χ1n) is 10.2. The first-order chi connectivity index (χ1) is 14.6. The summed E-state index contributed by atoms with van der Waals surface area (Å²) in [6.07, 6.45) is 4.49. The van der Waals surface area contributed by atoms with E-state index in [2.05, 4.69) is 35.7 Å². The van der Waals surface area contributed by atoms with E-state index in [1.165, 1.54) is 18.4 Å². The van der Waals surface area contributed by atoms with Gasteiger partial charge >= 0.3 is 0 Å². The Kier molecular flexibility index (Phi) is 4.35. The Morgan fingerprint density at radius 2 is 1.47 bits per heavy atom. The molecule has 0 radical (unpaired) electrons. The summed E-state index contributed by atoms with van der Waals surface area (Å²) < 4.78 is 24.9. The van der Waals surface area contributed by atoms with Crippen LogP contribution < -0.4 is 23.3 Å². The van der Waals surface area contributed by atoms with Gasteiger partial charge in [-0.3, -0.25) is 0 Å². The molecule has 0 N–H and O–H groups in total. The van der Waals surface area contributed by atoms with Crippen molar-refractivity contribution in [3.8, 4) is 23.0 Å². The Balaban J connectivity index is 1.92. The second kappa shape index (κ2) is 6.94. The molecule has 4 aromatic rings. The van der Waals surface area contributed by atoms with E-state index in [0.717, 1.165) is 55.8 Å². The summed E-state index contributed by atoms with van der Waals surface area (Å²) in [6, 6.07) is 10.7. The molecule has 1 aliphatic rings. The monoisotopic (exact) mass is 404 g/mol. The summed E-state index contributed by atoms with van der Waals surface area (Å²) in [6.45, 7) is 2.13. The number of ether oxygens (including phenoxy) is 4. The van der Waals surface area contributed by atoms with Gasteiger partial charge in [-0.1, -0.05) is 0 Å². The van der Waals surface area contributed by atoms with Crippen LogP contribution in [0.3, 0.4) is 0 Å². The Morgan fingerprint density at radius 1 is 0.767 bits per heavy atom. The molecule has 0 unspecified atom stereocenters. The van der Waals surface area contributed by atoms with Gasteiger partial charge in [0.05, 0.1) is 39.2 Å². The predicted octanol–water partition coefficient (Wildman–Crippen LogP) is 4.95. The van der Waals surface area contributed by atoms with Gasteiger partial charge in [0.1, 0.15) is 0 Å². The van der Waals surface area contributed by atoms with Crippen molar-refractivity contribution < 1.29 is 23.3 Å². The molecular formula is C25H26NO4+. The van der Waals surface area contributed by atoms with Crippen LogP contribution in [0.2, 0.25) is 0 Å². The normalized spacial score (nSPS) is 13.8. The van der Waals surface area contributed by atoms with Gasteiger partial charge in [-0.2, -0.15) is 4.40 Å². The summed E-state index contributed by atoms with van der Waals surface area (Å²) >= 11 is 0. The van der Waals surface area contributed by atoms with Gasteiger partial charge < -0.3 is 18.9 Å². The van der Waals surface area contributed by atoms with Gasteiger partial charge in [-0.15, -0.1) is 0 Å². The SMILES string of the molecule is COc1cc2cc3c4cc(C5CC5)c(OC)c(OC)c4cc[n+]3c(C)c2cc1OC. The number of hydrogen-bond acceptors (Lipinski definition) is 4. The molecule has 5 heteroatoms. The zero-order valence-electron chi connectivity index (χ0n) is 18.0. The van der Waals surface area contributed by atoms with E-state index < -0.39 is 0 Å². The Hall–Kier alpha value is -3.21. The number of rotatable bonds is 5. The van der Waals surface area contributed by atoms with Crippen molar-refractivity contribution in [1.82, 2.24) is 0 Å². The highest BCUT2D eigenvalue weighted by Crippen LogP contribution is 2.50. The van der Waals surface area contributed by atoms with Gasteiger partial charge in [0.2, 0.25) is 5.52 Å². The average Bonchev–Trinajstić information content (AvgIpc) is 3.62. The second-order valence-corrected chi connectivity index (χ2v) is 7.86. The van der Waals surface area contributed by atoms with Crippen LogP contribution in [0.4, 0.5) is 0 Å². The lowest BCUT2D eigenvalue weighted by atomic mass is 9.99. The molecule has 1 saturated carbocycles. The largest absolute Gasteiger partial charge is 0.493 e. The van der Waals surface area contributed by atoms with Crippen molar-refractivity contribution in [2.75, 3.05) is 28.4 Å². The molecule has 5 nitrogen and oxygen atoms in total. The summed E-state index contributed by atoms with van der Waals surface area (Å²) in [5.41, 5.74) is 3.51. The molecule has 2 aromatic carbocycles. The molecule has 0 saturated heterocycles. The van der Waals surface area contributed by atoms with Crippen molar-refractivity contribution in [2.45, 2.75) is 25.7 Å². The van der Waals surface area contributed by atoms with Crippen LogP contribution in [0, 0.1) is 6.92 Å². The highest BCUT2D eigenvalue weighted by atomic mass is 16.5. The van der Waals surface area contributed by atoms with E-state index in [1.807, 2.05) is 12.1 Å². The van der Waals surface area contributed by atoms with Crippen molar-refractivity contribution in [1.29, 1.82) is 0 Å². The minimum atomic E-state index is 0.546.